The van der Waals surface area contributed by atoms with Crippen LogP contribution in [0.2, 0.25) is 0 Å². The van der Waals surface area contributed by atoms with Gasteiger partial charge in [0.2, 0.25) is 11.8 Å². The van der Waals surface area contributed by atoms with E-state index in [2.05, 4.69) is 43.1 Å². The first-order chi connectivity index (χ1) is 47.2. The monoisotopic (exact) mass is 1440 g/mol. The van der Waals surface area contributed by atoms with Crippen LogP contribution in [0.1, 0.15) is 124 Å². The van der Waals surface area contributed by atoms with Crippen molar-refractivity contribution < 1.29 is 52.6 Å². The number of fused-ring (bicyclic) bond motifs is 16. The summed E-state index contributed by atoms with van der Waals surface area (Å²) >= 11 is 6.88. The van der Waals surface area contributed by atoms with E-state index in [4.69, 9.17) is 55.6 Å². The smallest absolute Gasteiger partial charge is 0.407 e. The molecule has 3 aliphatic heterocycles. The molecule has 0 saturated carbocycles. The summed E-state index contributed by atoms with van der Waals surface area (Å²) in [6, 6.07) is 14.7. The molecule has 7 atom stereocenters. The number of nitrogens with zero attached hydrogens (tertiary/aromatic N) is 10. The second-order valence-electron chi connectivity index (χ2n) is 23.5. The van der Waals surface area contributed by atoms with E-state index in [1.165, 1.54) is 64.2 Å². The van der Waals surface area contributed by atoms with Gasteiger partial charge in [-0.05, 0) is 62.3 Å². The van der Waals surface area contributed by atoms with E-state index in [-0.39, 0.29) is 52.3 Å². The predicted molar refractivity (Wildman–Crippen MR) is 370 cm³/mol. The average Bonchev–Trinajstić information content (AvgIpc) is 1.61. The second-order valence-corrected chi connectivity index (χ2v) is 29.1. The van der Waals surface area contributed by atoms with Gasteiger partial charge in [0.15, 0.2) is 6.10 Å². The Morgan fingerprint density at radius 3 is 2.07 bits per heavy atom. The number of piperazine rings is 1. The Labute approximate surface area is 585 Å². The summed E-state index contributed by atoms with van der Waals surface area (Å²) in [5, 5.41) is 21.9. The van der Waals surface area contributed by atoms with E-state index in [1.807, 2.05) is 12.3 Å². The van der Waals surface area contributed by atoms with Gasteiger partial charge in [-0.3, -0.25) is 33.6 Å². The maximum Gasteiger partial charge on any atom is 0.407 e. The molecule has 7 aromatic heterocycles. The van der Waals surface area contributed by atoms with Gasteiger partial charge in [-0.2, -0.15) is 0 Å². The zero-order chi connectivity index (χ0) is 68.9. The normalized spacial score (nSPS) is 19.7. The van der Waals surface area contributed by atoms with Gasteiger partial charge >= 0.3 is 12.1 Å². The number of esters is 1. The van der Waals surface area contributed by atoms with Crippen molar-refractivity contribution in [3.05, 3.63) is 147 Å². The van der Waals surface area contributed by atoms with Crippen LogP contribution in [0.15, 0.2) is 93.6 Å². The topological polar surface area (TPSA) is 364 Å². The third-order valence-electron chi connectivity index (χ3n) is 16.7. The lowest BCUT2D eigenvalue weighted by atomic mass is 10.00. The molecule has 27 nitrogen and oxygen atoms in total. The number of nitrogens with two attached hydrogens (primary N) is 2. The lowest BCUT2D eigenvalue weighted by molar-refractivity contribution is -0.148. The molecule has 9 aromatic rings. The van der Waals surface area contributed by atoms with Crippen molar-refractivity contribution in [2.24, 2.45) is 17.4 Å². The number of hydrogen-bond acceptors (Lipinski definition) is 26. The number of benzene rings is 2. The highest BCUT2D eigenvalue weighted by Crippen LogP contribution is 2.44. The summed E-state index contributed by atoms with van der Waals surface area (Å²) in [5.41, 5.74) is 14.3. The number of rotatable bonds is 15. The Balaban J connectivity index is 0.956. The van der Waals surface area contributed by atoms with Crippen molar-refractivity contribution in [1.29, 1.82) is 0 Å². The molecular weight excluding hydrogens is 1370 g/mol. The number of thiazole rings is 6. The molecule has 3 aliphatic rings. The fourth-order valence-corrected chi connectivity index (χ4v) is 16.9. The van der Waals surface area contributed by atoms with Crippen molar-refractivity contribution in [2.45, 2.75) is 76.4 Å². The van der Waals surface area contributed by atoms with E-state index in [1.54, 1.807) is 83.9 Å². The Morgan fingerprint density at radius 1 is 0.684 bits per heavy atom. The zero-order valence-corrected chi connectivity index (χ0v) is 58.3. The number of amides is 7. The number of nitrogens with one attached hydrogen (secondary N) is 4. The molecule has 12 rings (SSSR count). The molecule has 10 heterocycles. The van der Waals surface area contributed by atoms with Crippen LogP contribution in [0.5, 0.6) is 5.75 Å². The minimum Gasteiger partial charge on any atom is -0.497 e. The van der Waals surface area contributed by atoms with Crippen molar-refractivity contribution in [3.63, 3.8) is 0 Å². The number of alkyl carbamates (subject to hydrolysis) is 1. The summed E-state index contributed by atoms with van der Waals surface area (Å²) in [6.07, 6.45) is -2.68. The van der Waals surface area contributed by atoms with Gasteiger partial charge in [0.1, 0.15) is 93.8 Å². The summed E-state index contributed by atoms with van der Waals surface area (Å²) in [6.45, 7) is 9.43. The first-order valence-electron chi connectivity index (χ1n) is 31.0. The van der Waals surface area contributed by atoms with E-state index < -0.39 is 96.2 Å². The van der Waals surface area contributed by atoms with Crippen LogP contribution in [0, 0.1) is 12.8 Å². The summed E-state index contributed by atoms with van der Waals surface area (Å²) in [7, 11) is 3.61. The highest BCUT2D eigenvalue weighted by Gasteiger charge is 2.48. The number of aromatic nitrogens is 7. The summed E-state index contributed by atoms with van der Waals surface area (Å²) in [5.74, 6) is -4.75. The van der Waals surface area contributed by atoms with Gasteiger partial charge in [-0.25, -0.2) is 39.7 Å². The molecule has 0 unspecified atom stereocenters. The Bertz CT molecular complexity index is 4450. The molecule has 0 radical (unpaired) electrons. The molecule has 10 bridgehead atoms. The van der Waals surface area contributed by atoms with Gasteiger partial charge in [-0.1, -0.05) is 49.4 Å². The minimum absolute atomic E-state index is 0.0210. The van der Waals surface area contributed by atoms with Crippen molar-refractivity contribution in [3.8, 4) is 49.1 Å². The average molecular weight is 1440 g/mol. The molecule has 508 valence electrons. The van der Waals surface area contributed by atoms with Crippen LogP contribution in [-0.4, -0.2) is 169 Å². The van der Waals surface area contributed by atoms with Crippen molar-refractivity contribution in [2.75, 3.05) is 60.0 Å². The van der Waals surface area contributed by atoms with Gasteiger partial charge in [0.05, 0.1) is 37.9 Å². The summed E-state index contributed by atoms with van der Waals surface area (Å²) < 4.78 is 17.7. The fourth-order valence-electron chi connectivity index (χ4n) is 11.6. The lowest BCUT2D eigenvalue weighted by Crippen LogP contribution is -2.50. The Morgan fingerprint density at radius 2 is 1.35 bits per heavy atom. The number of aryl methyl sites for hydroxylation is 1. The number of carbonyl (C=O) groups is 8. The quantitative estimate of drug-likeness (QED) is 0.0424. The molecule has 8 N–H and O–H groups in total. The van der Waals surface area contributed by atoms with E-state index in [0.717, 1.165) is 66.7 Å². The van der Waals surface area contributed by atoms with Crippen LogP contribution in [0.3, 0.4) is 0 Å². The highest BCUT2D eigenvalue weighted by atomic mass is 32.1. The molecular formula is C65H66N16O11S6. The highest BCUT2D eigenvalue weighted by molar-refractivity contribution is 7.15. The Kier molecular flexibility index (Phi) is 21.1. The predicted octanol–water partition coefficient (Wildman–Crippen LogP) is 7.63. The number of carbonyl (C=O) groups excluding carboxylic acids is 8. The molecule has 0 aliphatic carbocycles. The molecule has 98 heavy (non-hydrogen) atoms. The number of hydrogen-bond donors (Lipinski definition) is 6. The number of methoxy groups -OCH3 is 1. The molecule has 0 spiro atoms. The number of ether oxygens (including phenoxy) is 3. The first-order valence-corrected chi connectivity index (χ1v) is 36.2. The molecule has 2 aromatic carbocycles. The second kappa shape index (κ2) is 30.2. The van der Waals surface area contributed by atoms with Crippen LogP contribution in [0.25, 0.3) is 43.4 Å². The standard InChI is InChI=1S/C65H66N16O11S6/c1-32-47(91-34(3)82)26-81-52(32)63-76-46(31-97-63)60-72-42(27-94-60)50-38(16-17-39(69-50)59-73-43(28-95-59)54(67)84)58-74-44(29-93-58)55(85)70-40(25-48(66)83)61-78-49(33(2)98-61)57(87)77-51(53(36-10-7-6-8-11-36)92-65(89)68-18-9-19-80-22-20-79(4)21-23-80)62-75-45(30-96-62)56(86)71-41(64(81)88)24-35-12-14-37(90-5)15-13-35/h6-8,10-17,27-32,40-41,47,51-53H,9,18-26H2,1-5H3,(H2,66,83)(H2,67,84)(H,68,89)(H,70,85)(H,71,86)(H,77,87)/t32-,40-,41-,47-,51-,52-,53+/m0/s1. The van der Waals surface area contributed by atoms with Gasteiger partial charge in [0, 0.05) is 89.3 Å². The molecule has 2 fully saturated rings. The van der Waals surface area contributed by atoms with Crippen molar-refractivity contribution >= 4 is 116 Å². The van der Waals surface area contributed by atoms with Gasteiger partial charge in [-0.15, -0.1) is 68.0 Å². The molecule has 7 amide bonds. The van der Waals surface area contributed by atoms with E-state index in [0.29, 0.717) is 76.5 Å². The molecule has 33 heteroatoms. The third-order valence-corrected chi connectivity index (χ3v) is 22.2. The number of pyridine rings is 1. The maximum absolute atomic E-state index is 15.7. The third kappa shape index (κ3) is 15.6. The fraction of sp³-hybridized carbons (Fsp3) is 0.338. The van der Waals surface area contributed by atoms with Crippen LogP contribution in [0.4, 0.5) is 4.79 Å². The SMILES string of the molecule is COc1ccc(C[C@@H]2NC(=O)c3csc(n3)[C@H]([C@H](OC(=O)NCCCN3CCN(C)CC3)c3ccccc3)NC(=O)c3nc(sc3C)[C@H](CC(N)=O)NC(=O)c3csc(n3)-c3ccc(-c4nc(C(N)=O)cs4)nc3-c3csc(n3)-c3csc(n3)[C@@H]3[C@@H](C)[C@@H](OC(C)=O)CN3C2=O)cc1. The zero-order valence-electron chi connectivity index (χ0n) is 53.4. The van der Waals surface area contributed by atoms with Crippen LogP contribution in [-0.2, 0) is 30.3 Å². The molecule has 2 saturated heterocycles. The van der Waals surface area contributed by atoms with Crippen molar-refractivity contribution in [1.82, 2.24) is 70.9 Å². The maximum atomic E-state index is 15.7. The van der Waals surface area contributed by atoms with Gasteiger partial charge < -0.3 is 61.6 Å². The Hall–Kier alpha value is -9.35. The summed E-state index contributed by atoms with van der Waals surface area (Å²) in [4.78, 5) is 153. The lowest BCUT2D eigenvalue weighted by Gasteiger charge is -2.32. The van der Waals surface area contributed by atoms with Crippen LogP contribution >= 0.6 is 68.0 Å². The van der Waals surface area contributed by atoms with E-state index in [9.17, 15) is 24.0 Å². The number of primary amides is 2. The minimum atomic E-state index is -1.32. The van der Waals surface area contributed by atoms with Crippen LogP contribution < -0.4 is 37.5 Å². The number of likely N-dealkylation sites (N-methyl/N-ethyl adjacent to an activating group) is 1. The van der Waals surface area contributed by atoms with Gasteiger partial charge in [0.25, 0.3) is 23.6 Å². The van der Waals surface area contributed by atoms with E-state index >= 15 is 14.4 Å². The largest absolute Gasteiger partial charge is 0.497 e. The first kappa shape index (κ1) is 68.6.